The molecule has 208 valence electrons. The summed E-state index contributed by atoms with van der Waals surface area (Å²) in [6, 6.07) is 21.5. The molecule has 0 unspecified atom stereocenters. The summed E-state index contributed by atoms with van der Waals surface area (Å²) in [6.45, 7) is 6.48. The maximum Gasteiger partial charge on any atom is 0.151 e. The zero-order valence-corrected chi connectivity index (χ0v) is 24.5. The van der Waals surface area contributed by atoms with E-state index in [0.717, 1.165) is 35.6 Å². The highest BCUT2D eigenvalue weighted by Crippen LogP contribution is 2.26. The number of nitrogens with zero attached hydrogens (tertiary/aromatic N) is 2. The Morgan fingerprint density at radius 3 is 1.59 bits per heavy atom. The Hall–Kier alpha value is -3.32. The Labute approximate surface area is 237 Å². The third kappa shape index (κ3) is 10.8. The summed E-state index contributed by atoms with van der Waals surface area (Å²) >= 11 is 0. The Morgan fingerprint density at radius 2 is 1.10 bits per heavy atom. The van der Waals surface area contributed by atoms with Gasteiger partial charge in [0.1, 0.15) is 11.9 Å². The van der Waals surface area contributed by atoms with Crippen molar-refractivity contribution >= 4 is 23.0 Å². The van der Waals surface area contributed by atoms with E-state index in [1.165, 1.54) is 88.2 Å². The first-order valence-electron chi connectivity index (χ1n) is 15.3. The molecule has 0 amide bonds. The summed E-state index contributed by atoms with van der Waals surface area (Å²) in [5.74, 6) is 1.32. The van der Waals surface area contributed by atoms with Gasteiger partial charge in [-0.2, -0.15) is 5.26 Å². The van der Waals surface area contributed by atoms with Gasteiger partial charge in [0.05, 0.1) is 5.56 Å². The number of anilines is 4. The van der Waals surface area contributed by atoms with Gasteiger partial charge in [0.15, 0.2) is 5.82 Å². The van der Waals surface area contributed by atoms with Gasteiger partial charge >= 0.3 is 0 Å². The van der Waals surface area contributed by atoms with Gasteiger partial charge in [-0.1, -0.05) is 102 Å². The molecule has 0 saturated carbocycles. The zero-order valence-electron chi connectivity index (χ0n) is 24.5. The number of hydrogen-bond donors (Lipinski definition) is 2. The smallest absolute Gasteiger partial charge is 0.151 e. The highest BCUT2D eigenvalue weighted by molar-refractivity contribution is 5.69. The van der Waals surface area contributed by atoms with E-state index in [-0.39, 0.29) is 0 Å². The van der Waals surface area contributed by atoms with Crippen LogP contribution in [0, 0.1) is 18.3 Å². The molecule has 4 heteroatoms. The summed E-state index contributed by atoms with van der Waals surface area (Å²) in [5.41, 5.74) is 6.16. The van der Waals surface area contributed by atoms with Crippen molar-refractivity contribution in [2.45, 2.75) is 111 Å². The fraction of sp³-hybridized carbons (Fsp3) is 0.486. The second-order valence-corrected chi connectivity index (χ2v) is 10.8. The molecule has 2 N–H and O–H groups in total. The van der Waals surface area contributed by atoms with Crippen molar-refractivity contribution in [3.05, 3.63) is 76.9 Å². The molecule has 0 fully saturated rings. The quantitative estimate of drug-likeness (QED) is 0.162. The summed E-state index contributed by atoms with van der Waals surface area (Å²) in [7, 11) is 0. The predicted octanol–water partition coefficient (Wildman–Crippen LogP) is 10.6. The van der Waals surface area contributed by atoms with Crippen molar-refractivity contribution in [2.24, 2.45) is 0 Å². The summed E-state index contributed by atoms with van der Waals surface area (Å²) in [4.78, 5) is 4.77. The molecule has 0 bridgehead atoms. The second-order valence-electron chi connectivity index (χ2n) is 10.8. The van der Waals surface area contributed by atoms with Crippen LogP contribution in [0.15, 0.2) is 54.6 Å². The van der Waals surface area contributed by atoms with Crippen molar-refractivity contribution in [3.63, 3.8) is 0 Å². The van der Waals surface area contributed by atoms with Gasteiger partial charge in [-0.15, -0.1) is 0 Å². The first kappa shape index (κ1) is 30.2. The highest BCUT2D eigenvalue weighted by Gasteiger charge is 2.11. The molecule has 4 nitrogen and oxygen atoms in total. The Balaban J connectivity index is 1.56. The van der Waals surface area contributed by atoms with Gasteiger partial charge in [-0.05, 0) is 79.6 Å². The van der Waals surface area contributed by atoms with Crippen LogP contribution in [0.2, 0.25) is 0 Å². The van der Waals surface area contributed by atoms with E-state index in [0.29, 0.717) is 11.4 Å². The van der Waals surface area contributed by atoms with Gasteiger partial charge in [-0.3, -0.25) is 0 Å². The molecule has 39 heavy (non-hydrogen) atoms. The molecule has 0 aliphatic carbocycles. The standard InChI is InChI=1S/C35H48N4/c1-4-6-8-10-12-14-16-29-18-22-31(23-19-29)37-34-26-28(3)33(27-36)35(39-34)38-32-24-20-30(21-25-32)17-15-13-11-9-7-5-2/h18-26H,4-17H2,1-3H3,(H2,37,38,39). The monoisotopic (exact) mass is 524 g/mol. The lowest BCUT2D eigenvalue weighted by atomic mass is 10.0. The lowest BCUT2D eigenvalue weighted by Crippen LogP contribution is -2.03. The molecule has 0 spiro atoms. The number of aryl methyl sites for hydroxylation is 3. The SMILES string of the molecule is CCCCCCCCc1ccc(Nc2cc(C)c(C#N)c(Nc3ccc(CCCCCCCC)cc3)n2)cc1. The van der Waals surface area contributed by atoms with E-state index >= 15 is 0 Å². The van der Waals surface area contributed by atoms with Gasteiger partial charge in [0.2, 0.25) is 0 Å². The van der Waals surface area contributed by atoms with Crippen LogP contribution in [0.1, 0.15) is 113 Å². The van der Waals surface area contributed by atoms with E-state index < -0.39 is 0 Å². The third-order valence-electron chi connectivity index (χ3n) is 7.41. The Kier molecular flexibility index (Phi) is 13.4. The number of unbranched alkanes of at least 4 members (excludes halogenated alkanes) is 10. The van der Waals surface area contributed by atoms with E-state index in [2.05, 4.69) is 79.1 Å². The van der Waals surface area contributed by atoms with Gasteiger partial charge in [0.25, 0.3) is 0 Å². The van der Waals surface area contributed by atoms with Crippen molar-refractivity contribution < 1.29 is 0 Å². The van der Waals surface area contributed by atoms with Crippen LogP contribution in [-0.4, -0.2) is 4.98 Å². The first-order chi connectivity index (χ1) is 19.1. The minimum absolute atomic E-state index is 0.575. The molecular weight excluding hydrogens is 476 g/mol. The summed E-state index contributed by atoms with van der Waals surface area (Å²) in [5, 5.41) is 16.6. The maximum atomic E-state index is 9.79. The molecule has 0 aliphatic heterocycles. The number of rotatable bonds is 18. The Morgan fingerprint density at radius 1 is 0.641 bits per heavy atom. The average Bonchev–Trinajstić information content (AvgIpc) is 2.94. The number of nitrogens with one attached hydrogen (secondary N) is 2. The molecule has 0 atom stereocenters. The maximum absolute atomic E-state index is 9.79. The highest BCUT2D eigenvalue weighted by atomic mass is 15.1. The summed E-state index contributed by atoms with van der Waals surface area (Å²) in [6.07, 6.45) is 18.0. The van der Waals surface area contributed by atoms with Crippen LogP contribution in [0.3, 0.4) is 0 Å². The largest absolute Gasteiger partial charge is 0.340 e. The normalized spacial score (nSPS) is 10.8. The van der Waals surface area contributed by atoms with E-state index in [9.17, 15) is 5.26 Å². The van der Waals surface area contributed by atoms with Crippen molar-refractivity contribution in [1.29, 1.82) is 5.26 Å². The van der Waals surface area contributed by atoms with Crippen LogP contribution < -0.4 is 10.6 Å². The van der Waals surface area contributed by atoms with Crippen LogP contribution in [0.4, 0.5) is 23.0 Å². The molecule has 2 aromatic carbocycles. The molecule has 1 heterocycles. The van der Waals surface area contributed by atoms with Gasteiger partial charge in [-0.25, -0.2) is 4.98 Å². The van der Waals surface area contributed by atoms with E-state index in [4.69, 9.17) is 4.98 Å². The van der Waals surface area contributed by atoms with Gasteiger partial charge < -0.3 is 10.6 Å². The average molecular weight is 525 g/mol. The second kappa shape index (κ2) is 17.3. The van der Waals surface area contributed by atoms with Crippen LogP contribution in [0.5, 0.6) is 0 Å². The molecule has 0 saturated heterocycles. The topological polar surface area (TPSA) is 60.7 Å². The van der Waals surface area contributed by atoms with E-state index in [1.807, 2.05) is 13.0 Å². The minimum Gasteiger partial charge on any atom is -0.340 e. The molecule has 3 aromatic rings. The first-order valence-corrected chi connectivity index (χ1v) is 15.3. The van der Waals surface area contributed by atoms with Crippen molar-refractivity contribution in [3.8, 4) is 6.07 Å². The van der Waals surface area contributed by atoms with Crippen LogP contribution in [0.25, 0.3) is 0 Å². The summed E-state index contributed by atoms with van der Waals surface area (Å²) < 4.78 is 0. The Bertz CT molecular complexity index is 1140. The number of benzene rings is 2. The van der Waals surface area contributed by atoms with Crippen molar-refractivity contribution in [1.82, 2.24) is 4.98 Å². The van der Waals surface area contributed by atoms with E-state index in [1.54, 1.807) is 0 Å². The molecule has 3 rings (SSSR count). The van der Waals surface area contributed by atoms with Crippen molar-refractivity contribution in [2.75, 3.05) is 10.6 Å². The number of nitriles is 1. The van der Waals surface area contributed by atoms with Crippen LogP contribution in [-0.2, 0) is 12.8 Å². The molecule has 1 aromatic heterocycles. The fourth-order valence-corrected chi connectivity index (χ4v) is 4.98. The lowest BCUT2D eigenvalue weighted by molar-refractivity contribution is 0.607. The van der Waals surface area contributed by atoms with Crippen LogP contribution >= 0.6 is 0 Å². The molecule has 0 aliphatic rings. The molecule has 0 radical (unpaired) electrons. The number of hydrogen-bond acceptors (Lipinski definition) is 4. The lowest BCUT2D eigenvalue weighted by Gasteiger charge is -2.14. The number of aromatic nitrogens is 1. The fourth-order valence-electron chi connectivity index (χ4n) is 4.98. The van der Waals surface area contributed by atoms with Gasteiger partial charge in [0, 0.05) is 11.4 Å². The molecular formula is C35H48N4. The predicted molar refractivity (Wildman–Crippen MR) is 167 cm³/mol. The minimum atomic E-state index is 0.575. The third-order valence-corrected chi connectivity index (χ3v) is 7.41. The number of pyridine rings is 1. The zero-order chi connectivity index (χ0) is 27.7.